The molecule has 1 saturated heterocycles. The van der Waals surface area contributed by atoms with E-state index in [-0.39, 0.29) is 0 Å². The molecule has 2 aliphatic rings. The Kier molecular flexibility index (Phi) is 5.15. The number of nitrogens with one attached hydrogen (secondary N) is 1. The van der Waals surface area contributed by atoms with Crippen molar-refractivity contribution >= 4 is 0 Å². The van der Waals surface area contributed by atoms with Crippen molar-refractivity contribution in [2.75, 3.05) is 32.8 Å². The molecule has 2 fully saturated rings. The van der Waals surface area contributed by atoms with Gasteiger partial charge in [0.25, 0.3) is 0 Å². The van der Waals surface area contributed by atoms with Crippen molar-refractivity contribution in [2.45, 2.75) is 38.6 Å². The van der Waals surface area contributed by atoms with Crippen LogP contribution in [0.4, 0.5) is 0 Å². The van der Waals surface area contributed by atoms with Crippen molar-refractivity contribution < 1.29 is 4.74 Å². The summed E-state index contributed by atoms with van der Waals surface area (Å²) in [6.45, 7) is 7.61. The van der Waals surface area contributed by atoms with Crippen LogP contribution in [0.3, 0.4) is 0 Å². The highest BCUT2D eigenvalue weighted by Crippen LogP contribution is 2.28. The number of rotatable bonds is 7. The van der Waals surface area contributed by atoms with Crippen molar-refractivity contribution in [1.29, 1.82) is 0 Å². The predicted molar refractivity (Wildman–Crippen MR) is 86.9 cm³/mol. The third-order valence-electron chi connectivity index (χ3n) is 4.74. The molecule has 1 N–H and O–H groups in total. The average molecular weight is 288 g/mol. The Balaban J connectivity index is 1.31. The molecule has 0 radical (unpaired) electrons. The molecule has 1 aromatic carbocycles. The van der Waals surface area contributed by atoms with Crippen LogP contribution in [0.5, 0.6) is 5.75 Å². The van der Waals surface area contributed by atoms with Crippen LogP contribution in [-0.2, 0) is 0 Å². The SMILES string of the molecule is Cc1ccccc1OCCN1CCC(NCC2CC2)CC1. The van der Waals surface area contributed by atoms with Gasteiger partial charge in [-0.3, -0.25) is 4.90 Å². The van der Waals surface area contributed by atoms with Crippen LogP contribution >= 0.6 is 0 Å². The fraction of sp³-hybridized carbons (Fsp3) is 0.667. The minimum absolute atomic E-state index is 0.749. The first kappa shape index (κ1) is 14.9. The van der Waals surface area contributed by atoms with Gasteiger partial charge in [-0.1, -0.05) is 18.2 Å². The maximum Gasteiger partial charge on any atom is 0.122 e. The van der Waals surface area contributed by atoms with Crippen molar-refractivity contribution in [3.8, 4) is 5.75 Å². The monoisotopic (exact) mass is 288 g/mol. The van der Waals surface area contributed by atoms with Crippen LogP contribution < -0.4 is 10.1 Å². The molecule has 3 rings (SSSR count). The van der Waals surface area contributed by atoms with Gasteiger partial charge in [-0.25, -0.2) is 0 Å². The Labute approximate surface area is 128 Å². The number of piperidine rings is 1. The summed E-state index contributed by atoms with van der Waals surface area (Å²) in [5.74, 6) is 2.02. The van der Waals surface area contributed by atoms with E-state index in [2.05, 4.69) is 35.3 Å². The molecule has 1 aliphatic heterocycles. The molecule has 0 atom stereocenters. The lowest BCUT2D eigenvalue weighted by molar-refractivity contribution is 0.164. The van der Waals surface area contributed by atoms with Crippen LogP contribution in [0, 0.1) is 12.8 Å². The Hall–Kier alpha value is -1.06. The molecular weight excluding hydrogens is 260 g/mol. The fourth-order valence-corrected chi connectivity index (χ4v) is 3.02. The topological polar surface area (TPSA) is 24.5 Å². The largest absolute Gasteiger partial charge is 0.492 e. The molecule has 1 aliphatic carbocycles. The first-order chi connectivity index (χ1) is 10.3. The Morgan fingerprint density at radius 3 is 2.62 bits per heavy atom. The molecule has 3 nitrogen and oxygen atoms in total. The van der Waals surface area contributed by atoms with Crippen LogP contribution in [-0.4, -0.2) is 43.7 Å². The van der Waals surface area contributed by atoms with E-state index in [1.165, 1.54) is 50.9 Å². The number of para-hydroxylation sites is 1. The number of ether oxygens (including phenoxy) is 1. The smallest absolute Gasteiger partial charge is 0.122 e. The maximum atomic E-state index is 5.90. The quantitative estimate of drug-likeness (QED) is 0.835. The Morgan fingerprint density at radius 2 is 1.90 bits per heavy atom. The van der Waals surface area contributed by atoms with Gasteiger partial charge in [0.1, 0.15) is 12.4 Å². The standard InChI is InChI=1S/C18H28N2O/c1-15-4-2-3-5-18(15)21-13-12-20-10-8-17(9-11-20)19-14-16-6-7-16/h2-5,16-17,19H,6-14H2,1H3. The normalized spacial score (nSPS) is 20.6. The van der Waals surface area contributed by atoms with Gasteiger partial charge < -0.3 is 10.1 Å². The lowest BCUT2D eigenvalue weighted by Gasteiger charge is -2.32. The maximum absolute atomic E-state index is 5.90. The van der Waals surface area contributed by atoms with Crippen molar-refractivity contribution in [2.24, 2.45) is 5.92 Å². The molecule has 0 bridgehead atoms. The zero-order valence-electron chi connectivity index (χ0n) is 13.2. The van der Waals surface area contributed by atoms with Crippen LogP contribution in [0.1, 0.15) is 31.2 Å². The molecule has 0 amide bonds. The van der Waals surface area contributed by atoms with Crippen LogP contribution in [0.25, 0.3) is 0 Å². The molecule has 0 unspecified atom stereocenters. The van der Waals surface area contributed by atoms with Gasteiger partial charge in [0.05, 0.1) is 0 Å². The second kappa shape index (κ2) is 7.28. The number of benzene rings is 1. The second-order valence-corrected chi connectivity index (χ2v) is 6.58. The van der Waals surface area contributed by atoms with E-state index in [4.69, 9.17) is 4.74 Å². The van der Waals surface area contributed by atoms with Gasteiger partial charge in [-0.15, -0.1) is 0 Å². The second-order valence-electron chi connectivity index (χ2n) is 6.58. The fourth-order valence-electron chi connectivity index (χ4n) is 3.02. The summed E-state index contributed by atoms with van der Waals surface area (Å²) in [6.07, 6.45) is 5.47. The summed E-state index contributed by atoms with van der Waals surface area (Å²) in [4.78, 5) is 2.54. The first-order valence-corrected chi connectivity index (χ1v) is 8.45. The van der Waals surface area contributed by atoms with E-state index in [9.17, 15) is 0 Å². The molecule has 0 spiro atoms. The minimum Gasteiger partial charge on any atom is -0.492 e. The summed E-state index contributed by atoms with van der Waals surface area (Å²) < 4.78 is 5.90. The molecule has 116 valence electrons. The molecule has 21 heavy (non-hydrogen) atoms. The minimum atomic E-state index is 0.749. The van der Waals surface area contributed by atoms with Gasteiger partial charge in [-0.05, 0) is 69.8 Å². The van der Waals surface area contributed by atoms with Crippen molar-refractivity contribution in [3.05, 3.63) is 29.8 Å². The van der Waals surface area contributed by atoms with E-state index in [1.54, 1.807) is 0 Å². The average Bonchev–Trinajstić information content (AvgIpc) is 3.33. The van der Waals surface area contributed by atoms with Gasteiger partial charge in [0.2, 0.25) is 0 Å². The van der Waals surface area contributed by atoms with E-state index in [0.29, 0.717) is 0 Å². The Morgan fingerprint density at radius 1 is 1.14 bits per heavy atom. The van der Waals surface area contributed by atoms with E-state index < -0.39 is 0 Å². The van der Waals surface area contributed by atoms with Gasteiger partial charge in [0, 0.05) is 12.6 Å². The predicted octanol–water partition coefficient (Wildman–Crippen LogP) is 2.84. The number of hydrogen-bond donors (Lipinski definition) is 1. The number of likely N-dealkylation sites (tertiary alicyclic amines) is 1. The van der Waals surface area contributed by atoms with Gasteiger partial charge in [0.15, 0.2) is 0 Å². The van der Waals surface area contributed by atoms with Gasteiger partial charge >= 0.3 is 0 Å². The number of aryl methyl sites for hydroxylation is 1. The molecular formula is C18H28N2O. The van der Waals surface area contributed by atoms with Crippen LogP contribution in [0.2, 0.25) is 0 Å². The highest BCUT2D eigenvalue weighted by Gasteiger charge is 2.24. The molecule has 1 aromatic rings. The lowest BCUT2D eigenvalue weighted by atomic mass is 10.0. The Bertz CT molecular complexity index is 437. The number of hydrogen-bond acceptors (Lipinski definition) is 3. The molecule has 1 saturated carbocycles. The highest BCUT2D eigenvalue weighted by atomic mass is 16.5. The highest BCUT2D eigenvalue weighted by molar-refractivity contribution is 5.31. The summed E-state index contributed by atoms with van der Waals surface area (Å²) in [7, 11) is 0. The molecule has 3 heteroatoms. The third kappa shape index (κ3) is 4.72. The zero-order valence-corrected chi connectivity index (χ0v) is 13.2. The van der Waals surface area contributed by atoms with Gasteiger partial charge in [-0.2, -0.15) is 0 Å². The van der Waals surface area contributed by atoms with Crippen LogP contribution in [0.15, 0.2) is 24.3 Å². The van der Waals surface area contributed by atoms with E-state index in [0.717, 1.165) is 30.9 Å². The summed E-state index contributed by atoms with van der Waals surface area (Å²) in [5, 5.41) is 3.74. The van der Waals surface area contributed by atoms with E-state index in [1.807, 2.05) is 6.07 Å². The summed E-state index contributed by atoms with van der Waals surface area (Å²) in [5.41, 5.74) is 1.22. The molecule has 0 aromatic heterocycles. The zero-order chi connectivity index (χ0) is 14.5. The lowest BCUT2D eigenvalue weighted by Crippen LogP contribution is -2.44. The summed E-state index contributed by atoms with van der Waals surface area (Å²) >= 11 is 0. The molecule has 1 heterocycles. The summed E-state index contributed by atoms with van der Waals surface area (Å²) in [6, 6.07) is 9.01. The third-order valence-corrected chi connectivity index (χ3v) is 4.74. The number of nitrogens with zero attached hydrogens (tertiary/aromatic N) is 1. The van der Waals surface area contributed by atoms with Crippen molar-refractivity contribution in [3.63, 3.8) is 0 Å². The van der Waals surface area contributed by atoms with Crippen molar-refractivity contribution in [1.82, 2.24) is 10.2 Å². The first-order valence-electron chi connectivity index (χ1n) is 8.45. The van der Waals surface area contributed by atoms with E-state index >= 15 is 0 Å².